The van der Waals surface area contributed by atoms with Gasteiger partial charge in [-0.1, -0.05) is 6.92 Å². The highest BCUT2D eigenvalue weighted by atomic mass is 16.3. The molecule has 0 aliphatic carbocycles. The molecule has 3 nitrogen and oxygen atoms in total. The summed E-state index contributed by atoms with van der Waals surface area (Å²) in [5, 5.41) is 8.68. The summed E-state index contributed by atoms with van der Waals surface area (Å²) >= 11 is 0. The van der Waals surface area contributed by atoms with Crippen LogP contribution >= 0.6 is 0 Å². The molecule has 0 saturated heterocycles. The number of aromatic nitrogens is 1. The highest BCUT2D eigenvalue weighted by Crippen LogP contribution is 2.04. The predicted octanol–water partition coefficient (Wildman–Crippen LogP) is 0.845. The summed E-state index contributed by atoms with van der Waals surface area (Å²) in [4.78, 5) is 3.93. The average Bonchev–Trinajstić information content (AvgIpc) is 2.40. The van der Waals surface area contributed by atoms with Gasteiger partial charge in [0.2, 0.25) is 0 Å². The lowest BCUT2D eigenvalue weighted by atomic mass is 10.1. The Balaban J connectivity index is 2.40. The third kappa shape index (κ3) is 1.84. The summed E-state index contributed by atoms with van der Waals surface area (Å²) < 4.78 is 4.77. The summed E-state index contributed by atoms with van der Waals surface area (Å²) in [5.74, 6) is 0.269. The standard InChI is InChI=1S/C7H11NO2/c1-6(3-9)2-7-4-10-5-8-7/h4-6,9H,2-3H2,1H3/t6-/m0/s1. The van der Waals surface area contributed by atoms with Crippen LogP contribution in [0.2, 0.25) is 0 Å². The zero-order valence-corrected chi connectivity index (χ0v) is 5.95. The van der Waals surface area contributed by atoms with E-state index >= 15 is 0 Å². The maximum Gasteiger partial charge on any atom is 0.180 e. The third-order valence-electron chi connectivity index (χ3n) is 1.35. The molecule has 1 aromatic heterocycles. The van der Waals surface area contributed by atoms with E-state index in [-0.39, 0.29) is 12.5 Å². The molecule has 1 N–H and O–H groups in total. The minimum atomic E-state index is 0.201. The molecule has 0 fully saturated rings. The molecular weight excluding hydrogens is 130 g/mol. The van der Waals surface area contributed by atoms with E-state index in [1.807, 2.05) is 6.92 Å². The lowest BCUT2D eigenvalue weighted by Gasteiger charge is -2.02. The Kier molecular flexibility index (Phi) is 2.45. The van der Waals surface area contributed by atoms with Gasteiger partial charge in [-0.2, -0.15) is 0 Å². The van der Waals surface area contributed by atoms with Crippen molar-refractivity contribution in [3.05, 3.63) is 18.4 Å². The maximum atomic E-state index is 8.68. The second-order valence-corrected chi connectivity index (χ2v) is 2.47. The molecule has 10 heavy (non-hydrogen) atoms. The Morgan fingerprint density at radius 2 is 2.60 bits per heavy atom. The van der Waals surface area contributed by atoms with Gasteiger partial charge in [-0.25, -0.2) is 4.98 Å². The quantitative estimate of drug-likeness (QED) is 0.678. The molecule has 1 atom stereocenters. The van der Waals surface area contributed by atoms with Crippen LogP contribution in [-0.2, 0) is 6.42 Å². The van der Waals surface area contributed by atoms with Crippen LogP contribution in [0.1, 0.15) is 12.6 Å². The van der Waals surface area contributed by atoms with Gasteiger partial charge in [-0.05, 0) is 12.3 Å². The molecule has 1 aromatic rings. The number of nitrogens with zero attached hydrogens (tertiary/aromatic N) is 1. The Hall–Kier alpha value is -0.830. The molecule has 0 unspecified atom stereocenters. The molecular formula is C7H11NO2. The van der Waals surface area contributed by atoms with Crippen LogP contribution in [0.3, 0.4) is 0 Å². The lowest BCUT2D eigenvalue weighted by molar-refractivity contribution is 0.236. The van der Waals surface area contributed by atoms with Crippen LogP contribution < -0.4 is 0 Å². The zero-order valence-electron chi connectivity index (χ0n) is 5.95. The molecule has 0 amide bonds. The number of aliphatic hydroxyl groups is 1. The maximum absolute atomic E-state index is 8.68. The van der Waals surface area contributed by atoms with Gasteiger partial charge >= 0.3 is 0 Å². The van der Waals surface area contributed by atoms with Gasteiger partial charge in [0, 0.05) is 6.61 Å². The van der Waals surface area contributed by atoms with E-state index in [1.165, 1.54) is 6.39 Å². The molecule has 0 bridgehead atoms. The zero-order chi connectivity index (χ0) is 7.40. The first-order chi connectivity index (χ1) is 4.83. The molecule has 0 spiro atoms. The van der Waals surface area contributed by atoms with Crippen molar-refractivity contribution in [3.8, 4) is 0 Å². The predicted molar refractivity (Wildman–Crippen MR) is 36.5 cm³/mol. The van der Waals surface area contributed by atoms with Crippen molar-refractivity contribution in [2.45, 2.75) is 13.3 Å². The van der Waals surface area contributed by atoms with Crippen LogP contribution in [0.25, 0.3) is 0 Å². The second-order valence-electron chi connectivity index (χ2n) is 2.47. The van der Waals surface area contributed by atoms with Gasteiger partial charge in [0.05, 0.1) is 5.69 Å². The van der Waals surface area contributed by atoms with Gasteiger partial charge < -0.3 is 9.52 Å². The first-order valence-corrected chi connectivity index (χ1v) is 3.31. The first-order valence-electron chi connectivity index (χ1n) is 3.31. The largest absolute Gasteiger partial charge is 0.451 e. The first kappa shape index (κ1) is 7.28. The second kappa shape index (κ2) is 3.37. The van der Waals surface area contributed by atoms with Crippen LogP contribution in [0.5, 0.6) is 0 Å². The van der Waals surface area contributed by atoms with Crippen LogP contribution in [0, 0.1) is 5.92 Å². The van der Waals surface area contributed by atoms with E-state index < -0.39 is 0 Å². The summed E-state index contributed by atoms with van der Waals surface area (Å²) in [5.41, 5.74) is 0.904. The fourth-order valence-corrected chi connectivity index (χ4v) is 0.760. The normalized spacial score (nSPS) is 13.4. The van der Waals surface area contributed by atoms with Gasteiger partial charge in [-0.3, -0.25) is 0 Å². The Morgan fingerprint density at radius 1 is 1.80 bits per heavy atom. The molecule has 0 aliphatic rings. The molecule has 0 aliphatic heterocycles. The van der Waals surface area contributed by atoms with Crippen LogP contribution in [0.4, 0.5) is 0 Å². The molecule has 3 heteroatoms. The van der Waals surface area contributed by atoms with Crippen LogP contribution in [-0.4, -0.2) is 16.7 Å². The van der Waals surface area contributed by atoms with Gasteiger partial charge in [0.15, 0.2) is 6.39 Å². The van der Waals surface area contributed by atoms with Crippen molar-refractivity contribution >= 4 is 0 Å². The number of aliphatic hydroxyl groups excluding tert-OH is 1. The molecule has 1 heterocycles. The van der Waals surface area contributed by atoms with Crippen molar-refractivity contribution < 1.29 is 9.52 Å². The fraction of sp³-hybridized carbons (Fsp3) is 0.571. The Bertz CT molecular complexity index is 172. The number of oxazole rings is 1. The smallest absolute Gasteiger partial charge is 0.180 e. The van der Waals surface area contributed by atoms with E-state index in [9.17, 15) is 0 Å². The van der Waals surface area contributed by atoms with Crippen LogP contribution in [0.15, 0.2) is 17.1 Å². The minimum absolute atomic E-state index is 0.201. The summed E-state index contributed by atoms with van der Waals surface area (Å²) in [6.45, 7) is 2.17. The summed E-state index contributed by atoms with van der Waals surface area (Å²) in [6.07, 6.45) is 3.79. The molecule has 0 aromatic carbocycles. The molecule has 1 rings (SSSR count). The van der Waals surface area contributed by atoms with Gasteiger partial charge in [-0.15, -0.1) is 0 Å². The number of rotatable bonds is 3. The number of hydrogen-bond donors (Lipinski definition) is 1. The molecule has 56 valence electrons. The van der Waals surface area contributed by atoms with E-state index in [2.05, 4.69) is 4.98 Å². The third-order valence-corrected chi connectivity index (χ3v) is 1.35. The van der Waals surface area contributed by atoms with Crippen molar-refractivity contribution in [1.82, 2.24) is 4.98 Å². The van der Waals surface area contributed by atoms with Gasteiger partial charge in [0.25, 0.3) is 0 Å². The van der Waals surface area contributed by atoms with E-state index in [4.69, 9.17) is 9.52 Å². The van der Waals surface area contributed by atoms with Crippen molar-refractivity contribution in [2.24, 2.45) is 5.92 Å². The summed E-state index contributed by atoms with van der Waals surface area (Å²) in [6, 6.07) is 0. The summed E-state index contributed by atoms with van der Waals surface area (Å²) in [7, 11) is 0. The van der Waals surface area contributed by atoms with E-state index in [0.29, 0.717) is 0 Å². The van der Waals surface area contributed by atoms with Crippen molar-refractivity contribution in [3.63, 3.8) is 0 Å². The topological polar surface area (TPSA) is 46.3 Å². The SMILES string of the molecule is C[C@H](CO)Cc1cocn1. The van der Waals surface area contributed by atoms with Crippen molar-refractivity contribution in [1.29, 1.82) is 0 Å². The minimum Gasteiger partial charge on any atom is -0.451 e. The fourth-order valence-electron chi connectivity index (χ4n) is 0.760. The molecule has 0 radical (unpaired) electrons. The van der Waals surface area contributed by atoms with Gasteiger partial charge in [0.1, 0.15) is 6.26 Å². The lowest BCUT2D eigenvalue weighted by Crippen LogP contribution is -2.04. The monoisotopic (exact) mass is 141 g/mol. The highest BCUT2D eigenvalue weighted by Gasteiger charge is 2.02. The van der Waals surface area contributed by atoms with E-state index in [1.54, 1.807) is 6.26 Å². The Labute approximate surface area is 59.7 Å². The Morgan fingerprint density at radius 3 is 3.10 bits per heavy atom. The highest BCUT2D eigenvalue weighted by molar-refractivity contribution is 4.91. The van der Waals surface area contributed by atoms with E-state index in [0.717, 1.165) is 12.1 Å². The number of hydrogen-bond acceptors (Lipinski definition) is 3. The molecule has 0 saturated carbocycles. The average molecular weight is 141 g/mol. The van der Waals surface area contributed by atoms with Crippen molar-refractivity contribution in [2.75, 3.05) is 6.61 Å².